The highest BCUT2D eigenvalue weighted by Gasteiger charge is 2.14. The Balaban J connectivity index is 1.67. The van der Waals surface area contributed by atoms with Crippen molar-refractivity contribution in [2.24, 2.45) is 0 Å². The molecule has 0 spiro atoms. The fourth-order valence-corrected chi connectivity index (χ4v) is 3.65. The SMILES string of the molecule is COc1cc(/C=C/c2cc(/C=C/c3ccc(O)c(OC)c3)n(C(=O)Nc3ccccc3Cl)n2)ccc1O. The lowest BCUT2D eigenvalue weighted by molar-refractivity contribution is 0.250. The molecule has 1 amide bonds. The Morgan fingerprint density at radius 3 is 2.05 bits per heavy atom. The van der Waals surface area contributed by atoms with Gasteiger partial charge < -0.3 is 25.0 Å². The van der Waals surface area contributed by atoms with E-state index in [1.54, 1.807) is 78.9 Å². The van der Waals surface area contributed by atoms with Crippen molar-refractivity contribution in [3.8, 4) is 23.0 Å². The number of benzene rings is 3. The summed E-state index contributed by atoms with van der Waals surface area (Å²) >= 11 is 6.21. The summed E-state index contributed by atoms with van der Waals surface area (Å²) in [4.78, 5) is 13.1. The average molecular weight is 518 g/mol. The molecule has 0 aliphatic carbocycles. The number of aromatic hydroxyl groups is 2. The van der Waals surface area contributed by atoms with Crippen LogP contribution in [0.1, 0.15) is 22.5 Å². The summed E-state index contributed by atoms with van der Waals surface area (Å²) in [7, 11) is 2.95. The molecule has 0 aliphatic rings. The molecular formula is C28H24ClN3O5. The van der Waals surface area contributed by atoms with Crippen LogP contribution in [0.5, 0.6) is 23.0 Å². The lowest BCUT2D eigenvalue weighted by Gasteiger charge is -2.08. The summed E-state index contributed by atoms with van der Waals surface area (Å²) in [5.41, 5.74) is 3.00. The Bertz CT molecular complexity index is 1490. The van der Waals surface area contributed by atoms with Crippen molar-refractivity contribution in [2.45, 2.75) is 0 Å². The number of nitrogens with zero attached hydrogens (tertiary/aromatic N) is 2. The summed E-state index contributed by atoms with van der Waals surface area (Å²) in [5.74, 6) is 0.750. The number of methoxy groups -OCH3 is 2. The van der Waals surface area contributed by atoms with E-state index in [0.717, 1.165) is 11.1 Å². The van der Waals surface area contributed by atoms with Crippen LogP contribution in [-0.4, -0.2) is 40.2 Å². The molecule has 0 bridgehead atoms. The molecule has 0 unspecified atom stereocenters. The van der Waals surface area contributed by atoms with Crippen molar-refractivity contribution >= 4 is 47.6 Å². The zero-order chi connectivity index (χ0) is 26.4. The molecule has 1 heterocycles. The zero-order valence-electron chi connectivity index (χ0n) is 20.1. The summed E-state index contributed by atoms with van der Waals surface area (Å²) in [5, 5.41) is 27.3. The predicted molar refractivity (Wildman–Crippen MR) is 145 cm³/mol. The van der Waals surface area contributed by atoms with Crippen LogP contribution in [0.15, 0.2) is 66.7 Å². The molecule has 4 aromatic rings. The van der Waals surface area contributed by atoms with Gasteiger partial charge in [0.1, 0.15) is 0 Å². The number of amides is 1. The van der Waals surface area contributed by atoms with Crippen LogP contribution < -0.4 is 14.8 Å². The normalized spacial score (nSPS) is 11.2. The van der Waals surface area contributed by atoms with Gasteiger partial charge in [-0.25, -0.2) is 4.79 Å². The molecule has 8 nitrogen and oxygen atoms in total. The van der Waals surface area contributed by atoms with Gasteiger partial charge in [0.25, 0.3) is 0 Å². The van der Waals surface area contributed by atoms with Crippen LogP contribution >= 0.6 is 11.6 Å². The van der Waals surface area contributed by atoms with Gasteiger partial charge in [0, 0.05) is 0 Å². The van der Waals surface area contributed by atoms with E-state index >= 15 is 0 Å². The van der Waals surface area contributed by atoms with Gasteiger partial charge in [-0.15, -0.1) is 0 Å². The number of para-hydroxylation sites is 1. The van der Waals surface area contributed by atoms with Gasteiger partial charge in [-0.3, -0.25) is 0 Å². The molecular weight excluding hydrogens is 494 g/mol. The number of phenolic OH excluding ortho intramolecular Hbond substituents is 2. The van der Waals surface area contributed by atoms with Crippen LogP contribution in [-0.2, 0) is 0 Å². The van der Waals surface area contributed by atoms with Crippen molar-refractivity contribution in [1.82, 2.24) is 9.78 Å². The van der Waals surface area contributed by atoms with Gasteiger partial charge in [-0.2, -0.15) is 9.78 Å². The number of phenols is 2. The Morgan fingerprint density at radius 1 is 0.865 bits per heavy atom. The van der Waals surface area contributed by atoms with Gasteiger partial charge in [-0.1, -0.05) is 48.0 Å². The second-order valence-electron chi connectivity index (χ2n) is 7.85. The first-order chi connectivity index (χ1) is 17.9. The molecule has 188 valence electrons. The molecule has 0 atom stereocenters. The quantitative estimate of drug-likeness (QED) is 0.262. The third-order valence-electron chi connectivity index (χ3n) is 5.36. The van der Waals surface area contributed by atoms with E-state index in [-0.39, 0.29) is 11.5 Å². The molecule has 0 saturated carbocycles. The van der Waals surface area contributed by atoms with Crippen molar-refractivity contribution < 1.29 is 24.5 Å². The highest BCUT2D eigenvalue weighted by molar-refractivity contribution is 6.33. The first-order valence-electron chi connectivity index (χ1n) is 11.1. The van der Waals surface area contributed by atoms with E-state index in [1.807, 2.05) is 0 Å². The minimum atomic E-state index is -0.498. The number of carbonyl (C=O) groups excluding carboxylic acids is 1. The Morgan fingerprint density at radius 2 is 1.46 bits per heavy atom. The smallest absolute Gasteiger partial charge is 0.347 e. The summed E-state index contributed by atoms with van der Waals surface area (Å²) in [6.07, 6.45) is 7.04. The van der Waals surface area contributed by atoms with Crippen molar-refractivity contribution in [2.75, 3.05) is 19.5 Å². The lowest BCUT2D eigenvalue weighted by atomic mass is 10.1. The van der Waals surface area contributed by atoms with Gasteiger partial charge >= 0.3 is 6.03 Å². The zero-order valence-corrected chi connectivity index (χ0v) is 20.8. The molecule has 0 radical (unpaired) electrons. The van der Waals surface area contributed by atoms with Crippen LogP contribution in [0, 0.1) is 0 Å². The largest absolute Gasteiger partial charge is 0.504 e. The van der Waals surface area contributed by atoms with E-state index in [0.29, 0.717) is 33.6 Å². The standard InChI is InChI=1S/C28H24ClN3O5/c1-36-26-15-18(9-13-24(26)33)7-11-20-17-21(12-8-19-10-14-25(34)27(16-19)37-2)32(31-20)28(35)30-23-6-4-3-5-22(23)29/h3-17,33-34H,1-2H3,(H,30,35)/b11-7+,12-8+. The van der Waals surface area contributed by atoms with Crippen molar-refractivity contribution in [1.29, 1.82) is 0 Å². The average Bonchev–Trinajstić information content (AvgIpc) is 3.32. The molecule has 3 N–H and O–H groups in total. The summed E-state index contributed by atoms with van der Waals surface area (Å²) in [6, 6.07) is 18.0. The van der Waals surface area contributed by atoms with E-state index < -0.39 is 6.03 Å². The highest BCUT2D eigenvalue weighted by atomic mass is 35.5. The fraction of sp³-hybridized carbons (Fsp3) is 0.0714. The number of rotatable bonds is 7. The predicted octanol–water partition coefficient (Wildman–Crippen LogP) is 6.39. The van der Waals surface area contributed by atoms with E-state index in [1.165, 1.54) is 31.0 Å². The Labute approximate surface area is 218 Å². The summed E-state index contributed by atoms with van der Waals surface area (Å²) in [6.45, 7) is 0. The Hall–Kier alpha value is -4.69. The third-order valence-corrected chi connectivity index (χ3v) is 5.69. The van der Waals surface area contributed by atoms with Crippen LogP contribution in [0.25, 0.3) is 24.3 Å². The second kappa shape index (κ2) is 11.4. The maximum atomic E-state index is 13.1. The maximum absolute atomic E-state index is 13.1. The van der Waals surface area contributed by atoms with Crippen LogP contribution in [0.3, 0.4) is 0 Å². The van der Waals surface area contributed by atoms with Gasteiger partial charge in [-0.05, 0) is 65.7 Å². The van der Waals surface area contributed by atoms with E-state index in [9.17, 15) is 15.0 Å². The highest BCUT2D eigenvalue weighted by Crippen LogP contribution is 2.28. The van der Waals surface area contributed by atoms with Crippen molar-refractivity contribution in [3.05, 3.63) is 94.3 Å². The second-order valence-corrected chi connectivity index (χ2v) is 8.25. The van der Waals surface area contributed by atoms with E-state index in [2.05, 4.69) is 10.4 Å². The number of ether oxygens (including phenoxy) is 2. The molecule has 1 aromatic heterocycles. The first-order valence-corrected chi connectivity index (χ1v) is 11.5. The summed E-state index contributed by atoms with van der Waals surface area (Å²) < 4.78 is 11.6. The number of nitrogens with one attached hydrogen (secondary N) is 1. The van der Waals surface area contributed by atoms with Crippen LogP contribution in [0.2, 0.25) is 5.02 Å². The molecule has 0 aliphatic heterocycles. The van der Waals surface area contributed by atoms with Crippen LogP contribution in [0.4, 0.5) is 10.5 Å². The molecule has 37 heavy (non-hydrogen) atoms. The number of aromatic nitrogens is 2. The maximum Gasteiger partial charge on any atom is 0.347 e. The van der Waals surface area contributed by atoms with E-state index in [4.69, 9.17) is 21.1 Å². The number of anilines is 1. The molecule has 4 rings (SSSR count). The van der Waals surface area contributed by atoms with Crippen molar-refractivity contribution in [3.63, 3.8) is 0 Å². The third kappa shape index (κ3) is 6.12. The lowest BCUT2D eigenvalue weighted by Crippen LogP contribution is -2.22. The minimum Gasteiger partial charge on any atom is -0.504 e. The van der Waals surface area contributed by atoms with Gasteiger partial charge in [0.2, 0.25) is 0 Å². The monoisotopic (exact) mass is 517 g/mol. The fourth-order valence-electron chi connectivity index (χ4n) is 3.47. The minimum absolute atomic E-state index is 0.0297. The number of carbonyl (C=O) groups is 1. The van der Waals surface area contributed by atoms with Gasteiger partial charge in [0.05, 0.1) is 36.3 Å². The Kier molecular flexibility index (Phi) is 7.80. The molecule has 0 saturated heterocycles. The number of hydrogen-bond acceptors (Lipinski definition) is 6. The molecule has 3 aromatic carbocycles. The van der Waals surface area contributed by atoms with Gasteiger partial charge in [0.15, 0.2) is 23.0 Å². The topological polar surface area (TPSA) is 106 Å². The number of halogens is 1. The number of hydrogen-bond donors (Lipinski definition) is 3. The molecule has 9 heteroatoms. The first kappa shape index (κ1) is 25.4. The molecule has 0 fully saturated rings.